The van der Waals surface area contributed by atoms with Crippen molar-refractivity contribution in [1.29, 1.82) is 0 Å². The van der Waals surface area contributed by atoms with E-state index in [9.17, 15) is 0 Å². The zero-order valence-corrected chi connectivity index (χ0v) is 14.2. The topological polar surface area (TPSA) is 15.3 Å². The molecule has 2 nitrogen and oxygen atoms in total. The molecule has 0 bridgehead atoms. The van der Waals surface area contributed by atoms with Gasteiger partial charge in [0.1, 0.15) is 0 Å². The Hall–Kier alpha value is -0.0800. The molecular formula is C18H36N2. The molecule has 0 amide bonds. The van der Waals surface area contributed by atoms with E-state index < -0.39 is 0 Å². The van der Waals surface area contributed by atoms with Gasteiger partial charge in [-0.15, -0.1) is 0 Å². The number of rotatable bonds is 5. The molecule has 2 aliphatic rings. The summed E-state index contributed by atoms with van der Waals surface area (Å²) in [5.74, 6) is 3.66. The number of piperidine rings is 1. The second-order valence-corrected chi connectivity index (χ2v) is 7.68. The molecule has 0 aromatic carbocycles. The Morgan fingerprint density at radius 2 is 1.80 bits per heavy atom. The lowest BCUT2D eigenvalue weighted by atomic mass is 9.73. The van der Waals surface area contributed by atoms with Gasteiger partial charge < -0.3 is 10.2 Å². The van der Waals surface area contributed by atoms with E-state index in [1.165, 1.54) is 51.7 Å². The maximum atomic E-state index is 3.53. The molecule has 0 spiro atoms. The van der Waals surface area contributed by atoms with Gasteiger partial charge in [0.2, 0.25) is 0 Å². The summed E-state index contributed by atoms with van der Waals surface area (Å²) in [6, 6.07) is 0.874. The Balaban J connectivity index is 1.86. The third-order valence-corrected chi connectivity index (χ3v) is 5.79. The van der Waals surface area contributed by atoms with E-state index in [4.69, 9.17) is 0 Å². The van der Waals surface area contributed by atoms with E-state index in [1.54, 1.807) is 0 Å². The van der Waals surface area contributed by atoms with E-state index in [-0.39, 0.29) is 0 Å². The highest BCUT2D eigenvalue weighted by Crippen LogP contribution is 2.37. The van der Waals surface area contributed by atoms with Crippen molar-refractivity contribution in [3.05, 3.63) is 0 Å². The van der Waals surface area contributed by atoms with Crippen molar-refractivity contribution in [3.63, 3.8) is 0 Å². The van der Waals surface area contributed by atoms with E-state index in [1.807, 2.05) is 0 Å². The molecule has 2 rings (SSSR count). The van der Waals surface area contributed by atoms with Gasteiger partial charge >= 0.3 is 0 Å². The molecular weight excluding hydrogens is 244 g/mol. The summed E-state index contributed by atoms with van der Waals surface area (Å²) in [4.78, 5) is 2.85. The number of nitrogens with zero attached hydrogens (tertiary/aromatic N) is 1. The molecule has 118 valence electrons. The van der Waals surface area contributed by atoms with Crippen LogP contribution in [0.5, 0.6) is 0 Å². The van der Waals surface area contributed by atoms with Gasteiger partial charge in [0, 0.05) is 6.04 Å². The molecule has 1 aliphatic heterocycles. The third-order valence-electron chi connectivity index (χ3n) is 5.79. The SMILES string of the molecule is CCNCC1CCN(C2CC(C)CCC2C(C)C)CC1. The highest BCUT2D eigenvalue weighted by molar-refractivity contribution is 4.89. The molecule has 3 unspecified atom stereocenters. The van der Waals surface area contributed by atoms with Crippen LogP contribution in [0.1, 0.15) is 59.8 Å². The zero-order chi connectivity index (χ0) is 14.5. The molecule has 3 atom stereocenters. The predicted molar refractivity (Wildman–Crippen MR) is 88.0 cm³/mol. The number of likely N-dealkylation sites (tertiary alicyclic amines) is 1. The van der Waals surface area contributed by atoms with Crippen LogP contribution in [0.3, 0.4) is 0 Å². The minimum atomic E-state index is 0.854. The standard InChI is InChI=1S/C18H36N2/c1-5-19-13-16-8-10-20(11-9-16)18-12-15(4)6-7-17(18)14(2)3/h14-19H,5-13H2,1-4H3. The molecule has 0 aromatic heterocycles. The minimum Gasteiger partial charge on any atom is -0.317 e. The molecule has 0 aromatic rings. The van der Waals surface area contributed by atoms with Crippen LogP contribution in [0.4, 0.5) is 0 Å². The molecule has 2 fully saturated rings. The van der Waals surface area contributed by atoms with Crippen molar-refractivity contribution < 1.29 is 0 Å². The quantitative estimate of drug-likeness (QED) is 0.824. The van der Waals surface area contributed by atoms with E-state index in [0.717, 1.165) is 36.3 Å². The first-order valence-corrected chi connectivity index (χ1v) is 9.06. The number of nitrogens with one attached hydrogen (secondary N) is 1. The minimum absolute atomic E-state index is 0.854. The Morgan fingerprint density at radius 3 is 2.40 bits per heavy atom. The monoisotopic (exact) mass is 280 g/mol. The normalized spacial score (nSPS) is 33.8. The molecule has 1 heterocycles. The number of hydrogen-bond donors (Lipinski definition) is 1. The first-order valence-electron chi connectivity index (χ1n) is 9.06. The van der Waals surface area contributed by atoms with Crippen LogP contribution in [-0.4, -0.2) is 37.1 Å². The predicted octanol–water partition coefficient (Wildman–Crippen LogP) is 3.77. The Kier molecular flexibility index (Phi) is 6.35. The van der Waals surface area contributed by atoms with Crippen LogP contribution >= 0.6 is 0 Å². The van der Waals surface area contributed by atoms with Crippen LogP contribution in [0, 0.1) is 23.7 Å². The van der Waals surface area contributed by atoms with Gasteiger partial charge in [-0.1, -0.05) is 34.1 Å². The molecule has 2 heteroatoms. The van der Waals surface area contributed by atoms with Crippen LogP contribution in [-0.2, 0) is 0 Å². The highest BCUT2D eigenvalue weighted by atomic mass is 15.2. The van der Waals surface area contributed by atoms with E-state index >= 15 is 0 Å². The second kappa shape index (κ2) is 7.79. The fourth-order valence-electron chi connectivity index (χ4n) is 4.41. The Morgan fingerprint density at radius 1 is 1.10 bits per heavy atom. The Labute approximate surface area is 126 Å². The van der Waals surface area contributed by atoms with Crippen LogP contribution in [0.2, 0.25) is 0 Å². The van der Waals surface area contributed by atoms with Crippen LogP contribution in [0.25, 0.3) is 0 Å². The van der Waals surface area contributed by atoms with E-state index in [0.29, 0.717) is 0 Å². The largest absolute Gasteiger partial charge is 0.317 e. The molecule has 1 saturated heterocycles. The highest BCUT2D eigenvalue weighted by Gasteiger charge is 2.35. The number of hydrogen-bond acceptors (Lipinski definition) is 2. The molecule has 20 heavy (non-hydrogen) atoms. The maximum Gasteiger partial charge on any atom is 0.0128 e. The summed E-state index contributed by atoms with van der Waals surface area (Å²) in [6.45, 7) is 14.6. The van der Waals surface area contributed by atoms with Gasteiger partial charge in [-0.25, -0.2) is 0 Å². The van der Waals surface area contributed by atoms with Crippen molar-refractivity contribution in [3.8, 4) is 0 Å². The molecule has 1 N–H and O–H groups in total. The van der Waals surface area contributed by atoms with E-state index in [2.05, 4.69) is 37.9 Å². The molecule has 1 aliphatic carbocycles. The van der Waals surface area contributed by atoms with Gasteiger partial charge in [0.15, 0.2) is 0 Å². The molecule has 1 saturated carbocycles. The van der Waals surface area contributed by atoms with Crippen molar-refractivity contribution >= 4 is 0 Å². The summed E-state index contributed by atoms with van der Waals surface area (Å²) >= 11 is 0. The van der Waals surface area contributed by atoms with Gasteiger partial charge in [0.25, 0.3) is 0 Å². The summed E-state index contributed by atoms with van der Waals surface area (Å²) in [5.41, 5.74) is 0. The fraction of sp³-hybridized carbons (Fsp3) is 1.00. The van der Waals surface area contributed by atoms with Gasteiger partial charge in [-0.2, -0.15) is 0 Å². The zero-order valence-electron chi connectivity index (χ0n) is 14.2. The van der Waals surface area contributed by atoms with Gasteiger partial charge in [0.05, 0.1) is 0 Å². The van der Waals surface area contributed by atoms with Crippen molar-refractivity contribution in [2.24, 2.45) is 23.7 Å². The molecule has 0 radical (unpaired) electrons. The first-order chi connectivity index (χ1) is 9.61. The lowest BCUT2D eigenvalue weighted by Crippen LogP contribution is -2.49. The lowest BCUT2D eigenvalue weighted by Gasteiger charge is -2.46. The average molecular weight is 281 g/mol. The first kappa shape index (κ1) is 16.3. The summed E-state index contributed by atoms with van der Waals surface area (Å²) in [6.07, 6.45) is 7.17. The smallest absolute Gasteiger partial charge is 0.0128 e. The second-order valence-electron chi connectivity index (χ2n) is 7.68. The third kappa shape index (κ3) is 4.21. The summed E-state index contributed by atoms with van der Waals surface area (Å²) in [5, 5.41) is 3.53. The van der Waals surface area contributed by atoms with Crippen LogP contribution < -0.4 is 5.32 Å². The lowest BCUT2D eigenvalue weighted by molar-refractivity contribution is 0.0351. The fourth-order valence-corrected chi connectivity index (χ4v) is 4.41. The van der Waals surface area contributed by atoms with Crippen molar-refractivity contribution in [1.82, 2.24) is 10.2 Å². The van der Waals surface area contributed by atoms with Gasteiger partial charge in [-0.3, -0.25) is 0 Å². The Bertz CT molecular complexity index is 269. The maximum absolute atomic E-state index is 3.53. The van der Waals surface area contributed by atoms with Crippen molar-refractivity contribution in [2.45, 2.75) is 65.8 Å². The van der Waals surface area contributed by atoms with Gasteiger partial charge in [-0.05, 0) is 75.5 Å². The average Bonchev–Trinajstić information content (AvgIpc) is 2.45. The van der Waals surface area contributed by atoms with Crippen molar-refractivity contribution in [2.75, 3.05) is 26.2 Å². The summed E-state index contributed by atoms with van der Waals surface area (Å²) < 4.78 is 0. The van der Waals surface area contributed by atoms with Crippen LogP contribution in [0.15, 0.2) is 0 Å². The summed E-state index contributed by atoms with van der Waals surface area (Å²) in [7, 11) is 0.